The van der Waals surface area contributed by atoms with Gasteiger partial charge < -0.3 is 4.90 Å². The first kappa shape index (κ1) is 18.4. The summed E-state index contributed by atoms with van der Waals surface area (Å²) in [6.07, 6.45) is 2.53. The molecule has 26 heavy (non-hydrogen) atoms. The fourth-order valence-electron chi connectivity index (χ4n) is 2.96. The largest absolute Gasteiger partial charge is 0.340 e. The Hall–Kier alpha value is -2.42. The average molecular weight is 364 g/mol. The van der Waals surface area contributed by atoms with Crippen LogP contribution in [0.3, 0.4) is 0 Å². The molecule has 140 valence electrons. The molecular formula is C17H22F2N6O. The predicted octanol–water partition coefficient (Wildman–Crippen LogP) is 1.77. The minimum atomic E-state index is -0.942. The summed E-state index contributed by atoms with van der Waals surface area (Å²) in [4.78, 5) is 16.1. The fourth-order valence-corrected chi connectivity index (χ4v) is 2.96. The molecule has 0 atom stereocenters. The molecule has 1 aliphatic rings. The molecule has 2 heterocycles. The maximum absolute atomic E-state index is 13.5. The summed E-state index contributed by atoms with van der Waals surface area (Å²) in [5.74, 6) is -1.10. The number of amides is 1. The second-order valence-electron chi connectivity index (χ2n) is 6.37. The van der Waals surface area contributed by atoms with E-state index < -0.39 is 11.6 Å². The molecule has 1 saturated heterocycles. The van der Waals surface area contributed by atoms with Crippen LogP contribution in [0, 0.1) is 11.6 Å². The van der Waals surface area contributed by atoms with Gasteiger partial charge in [-0.25, -0.2) is 8.78 Å². The molecule has 1 amide bonds. The van der Waals surface area contributed by atoms with Crippen molar-refractivity contribution in [3.63, 3.8) is 0 Å². The molecule has 0 saturated carbocycles. The van der Waals surface area contributed by atoms with E-state index in [1.165, 1.54) is 10.7 Å². The first-order chi connectivity index (χ1) is 12.6. The fraction of sp³-hybridized carbons (Fsp3) is 0.529. The molecule has 0 unspecified atom stereocenters. The van der Waals surface area contributed by atoms with Crippen molar-refractivity contribution in [3.8, 4) is 5.69 Å². The summed E-state index contributed by atoms with van der Waals surface area (Å²) < 4.78 is 28.0. The molecule has 7 nitrogen and oxygen atoms in total. The third kappa shape index (κ3) is 4.21. The molecule has 0 bridgehead atoms. The van der Waals surface area contributed by atoms with Gasteiger partial charge in [0.05, 0.1) is 12.2 Å². The number of rotatable bonds is 6. The second kappa shape index (κ2) is 8.31. The van der Waals surface area contributed by atoms with Gasteiger partial charge in [0.1, 0.15) is 0 Å². The van der Waals surface area contributed by atoms with E-state index in [1.807, 2.05) is 4.90 Å². The Morgan fingerprint density at radius 2 is 1.92 bits per heavy atom. The molecule has 0 spiro atoms. The lowest BCUT2D eigenvalue weighted by Gasteiger charge is -2.34. The van der Waals surface area contributed by atoms with E-state index in [-0.39, 0.29) is 5.91 Å². The topological polar surface area (TPSA) is 67.2 Å². The van der Waals surface area contributed by atoms with Crippen LogP contribution in [0.15, 0.2) is 18.2 Å². The normalized spacial score (nSPS) is 15.4. The highest BCUT2D eigenvalue weighted by atomic mass is 19.2. The number of piperazine rings is 1. The van der Waals surface area contributed by atoms with Crippen molar-refractivity contribution < 1.29 is 13.6 Å². The molecule has 1 fully saturated rings. The third-order valence-electron chi connectivity index (χ3n) is 4.52. The number of carbonyl (C=O) groups excluding carboxylic acids is 1. The van der Waals surface area contributed by atoms with E-state index in [0.29, 0.717) is 37.6 Å². The molecule has 3 rings (SSSR count). The quantitative estimate of drug-likeness (QED) is 0.782. The summed E-state index contributed by atoms with van der Waals surface area (Å²) >= 11 is 0. The van der Waals surface area contributed by atoms with E-state index in [1.54, 1.807) is 0 Å². The summed E-state index contributed by atoms with van der Waals surface area (Å²) in [5, 5.41) is 11.5. The van der Waals surface area contributed by atoms with Crippen LogP contribution >= 0.6 is 0 Å². The average Bonchev–Trinajstić information content (AvgIpc) is 3.10. The molecule has 9 heteroatoms. The number of hydrogen-bond acceptors (Lipinski definition) is 5. The maximum atomic E-state index is 13.5. The number of aromatic nitrogens is 4. The summed E-state index contributed by atoms with van der Waals surface area (Å²) in [7, 11) is 0. The van der Waals surface area contributed by atoms with Gasteiger partial charge in [0.15, 0.2) is 17.5 Å². The highest BCUT2D eigenvalue weighted by Gasteiger charge is 2.22. The van der Waals surface area contributed by atoms with Crippen LogP contribution in [0.4, 0.5) is 8.78 Å². The lowest BCUT2D eigenvalue weighted by atomic mass is 10.2. The molecule has 2 aromatic rings. The number of unbranched alkanes of at least 4 members (excludes halogenated alkanes) is 1. The van der Waals surface area contributed by atoms with Gasteiger partial charge in [-0.2, -0.15) is 4.68 Å². The molecule has 1 aliphatic heterocycles. The van der Waals surface area contributed by atoms with Crippen LogP contribution in [0.25, 0.3) is 5.69 Å². The predicted molar refractivity (Wildman–Crippen MR) is 90.5 cm³/mol. The van der Waals surface area contributed by atoms with Gasteiger partial charge in [0.25, 0.3) is 0 Å². The molecular weight excluding hydrogens is 342 g/mol. The number of hydrogen-bond donors (Lipinski definition) is 0. The van der Waals surface area contributed by atoms with Gasteiger partial charge in [-0.15, -0.1) is 5.10 Å². The number of halogens is 2. The SMILES string of the molecule is CCCCC(=O)N1CCN(Cc2nnnn2-c2ccc(F)c(F)c2)CC1. The van der Waals surface area contributed by atoms with E-state index in [9.17, 15) is 13.6 Å². The van der Waals surface area contributed by atoms with E-state index in [2.05, 4.69) is 27.3 Å². The summed E-state index contributed by atoms with van der Waals surface area (Å²) in [6, 6.07) is 3.55. The maximum Gasteiger partial charge on any atom is 0.222 e. The molecule has 0 aliphatic carbocycles. The first-order valence-electron chi connectivity index (χ1n) is 8.81. The zero-order chi connectivity index (χ0) is 18.5. The monoisotopic (exact) mass is 364 g/mol. The molecule has 0 radical (unpaired) electrons. The standard InChI is InChI=1S/C17H22F2N6O/c1-2-3-4-17(26)24-9-7-23(8-10-24)12-16-20-21-22-25(16)13-5-6-14(18)15(19)11-13/h5-6,11H,2-4,7-10,12H2,1H3. The third-order valence-corrected chi connectivity index (χ3v) is 4.52. The smallest absolute Gasteiger partial charge is 0.222 e. The van der Waals surface area contributed by atoms with Crippen LogP contribution in [0.1, 0.15) is 32.0 Å². The molecule has 1 aromatic carbocycles. The Labute approximate surface area is 150 Å². The number of carbonyl (C=O) groups is 1. The first-order valence-corrected chi connectivity index (χ1v) is 8.81. The number of benzene rings is 1. The van der Waals surface area contributed by atoms with Gasteiger partial charge in [-0.05, 0) is 29.0 Å². The van der Waals surface area contributed by atoms with Crippen LogP contribution in [0.5, 0.6) is 0 Å². The van der Waals surface area contributed by atoms with E-state index in [0.717, 1.165) is 38.1 Å². The van der Waals surface area contributed by atoms with Crippen molar-refractivity contribution in [1.82, 2.24) is 30.0 Å². The summed E-state index contributed by atoms with van der Waals surface area (Å²) in [6.45, 7) is 5.35. The van der Waals surface area contributed by atoms with Gasteiger partial charge in [-0.3, -0.25) is 9.69 Å². The Morgan fingerprint density at radius 3 is 2.62 bits per heavy atom. The minimum absolute atomic E-state index is 0.207. The lowest BCUT2D eigenvalue weighted by Crippen LogP contribution is -2.48. The highest BCUT2D eigenvalue weighted by Crippen LogP contribution is 2.15. The molecule has 1 aromatic heterocycles. The number of nitrogens with zero attached hydrogens (tertiary/aromatic N) is 6. The van der Waals surface area contributed by atoms with Crippen LogP contribution in [0.2, 0.25) is 0 Å². The second-order valence-corrected chi connectivity index (χ2v) is 6.37. The van der Waals surface area contributed by atoms with Crippen LogP contribution in [-0.4, -0.2) is 62.1 Å². The van der Waals surface area contributed by atoms with Crippen molar-refractivity contribution in [2.75, 3.05) is 26.2 Å². The highest BCUT2D eigenvalue weighted by molar-refractivity contribution is 5.76. The zero-order valence-corrected chi connectivity index (χ0v) is 14.7. The van der Waals surface area contributed by atoms with Crippen molar-refractivity contribution in [2.24, 2.45) is 0 Å². The van der Waals surface area contributed by atoms with Gasteiger partial charge in [0.2, 0.25) is 5.91 Å². The zero-order valence-electron chi connectivity index (χ0n) is 14.7. The lowest BCUT2D eigenvalue weighted by molar-refractivity contribution is -0.133. The van der Waals surface area contributed by atoms with Gasteiger partial charge in [0, 0.05) is 38.7 Å². The number of tetrazole rings is 1. The Morgan fingerprint density at radius 1 is 1.15 bits per heavy atom. The minimum Gasteiger partial charge on any atom is -0.340 e. The Kier molecular flexibility index (Phi) is 5.87. The van der Waals surface area contributed by atoms with E-state index in [4.69, 9.17) is 0 Å². The van der Waals surface area contributed by atoms with E-state index >= 15 is 0 Å². The Balaban J connectivity index is 1.60. The van der Waals surface area contributed by atoms with Gasteiger partial charge in [-0.1, -0.05) is 13.3 Å². The molecule has 0 N–H and O–H groups in total. The van der Waals surface area contributed by atoms with Crippen molar-refractivity contribution >= 4 is 5.91 Å². The Bertz CT molecular complexity index is 757. The van der Waals surface area contributed by atoms with Crippen LogP contribution < -0.4 is 0 Å². The van der Waals surface area contributed by atoms with Crippen LogP contribution in [-0.2, 0) is 11.3 Å². The van der Waals surface area contributed by atoms with Gasteiger partial charge >= 0.3 is 0 Å². The van der Waals surface area contributed by atoms with Crippen molar-refractivity contribution in [3.05, 3.63) is 35.7 Å². The van der Waals surface area contributed by atoms with Crippen molar-refractivity contribution in [1.29, 1.82) is 0 Å². The summed E-state index contributed by atoms with van der Waals surface area (Å²) in [5.41, 5.74) is 0.372. The van der Waals surface area contributed by atoms with Crippen molar-refractivity contribution in [2.45, 2.75) is 32.7 Å².